The molecule has 2 atom stereocenters. The number of piperazine rings is 1. The van der Waals surface area contributed by atoms with E-state index in [1.54, 1.807) is 0 Å². The Hall–Kier alpha value is -1.08. The standard InChI is InChI=1S/C9H15F3N4/c1-5-3-15-4-7(16-5)6(2-13)8(14)9(10,11)12/h2,5,7,13,15-16H,3-4,14H2,1H3. The average molecular weight is 236 g/mol. The molecule has 1 heterocycles. The lowest BCUT2D eigenvalue weighted by atomic mass is 10.0. The highest BCUT2D eigenvalue weighted by Gasteiger charge is 2.36. The molecular weight excluding hydrogens is 221 g/mol. The van der Waals surface area contributed by atoms with Crippen LogP contribution in [0.2, 0.25) is 0 Å². The van der Waals surface area contributed by atoms with Crippen LogP contribution in [0.25, 0.3) is 0 Å². The predicted octanol–water partition coefficient (Wildman–Crippen LogP) is 0.361. The maximum absolute atomic E-state index is 12.4. The van der Waals surface area contributed by atoms with Gasteiger partial charge in [0, 0.05) is 37.0 Å². The van der Waals surface area contributed by atoms with Gasteiger partial charge in [0.1, 0.15) is 5.70 Å². The van der Waals surface area contributed by atoms with Crippen LogP contribution in [0.3, 0.4) is 0 Å². The predicted molar refractivity (Wildman–Crippen MR) is 55.3 cm³/mol. The van der Waals surface area contributed by atoms with Gasteiger partial charge in [-0.3, -0.25) is 0 Å². The summed E-state index contributed by atoms with van der Waals surface area (Å²) in [6.07, 6.45) is -3.92. The Kier molecular flexibility index (Phi) is 3.93. The summed E-state index contributed by atoms with van der Waals surface area (Å²) in [6.45, 7) is 2.88. The van der Waals surface area contributed by atoms with Gasteiger partial charge in [-0.2, -0.15) is 13.2 Å². The summed E-state index contributed by atoms with van der Waals surface area (Å²) in [5, 5.41) is 13.0. The van der Waals surface area contributed by atoms with E-state index >= 15 is 0 Å². The fourth-order valence-electron chi connectivity index (χ4n) is 1.63. The van der Waals surface area contributed by atoms with Crippen molar-refractivity contribution in [2.24, 2.45) is 5.73 Å². The zero-order valence-corrected chi connectivity index (χ0v) is 8.86. The third kappa shape index (κ3) is 2.96. The molecule has 1 aliphatic rings. The lowest BCUT2D eigenvalue weighted by Gasteiger charge is -2.31. The lowest BCUT2D eigenvalue weighted by molar-refractivity contribution is -0.0934. The third-order valence-electron chi connectivity index (χ3n) is 2.43. The van der Waals surface area contributed by atoms with Crippen LogP contribution in [0.15, 0.2) is 11.3 Å². The van der Waals surface area contributed by atoms with Crippen molar-refractivity contribution in [2.75, 3.05) is 13.1 Å². The number of hydrogen-bond acceptors (Lipinski definition) is 4. The summed E-state index contributed by atoms with van der Waals surface area (Å²) < 4.78 is 37.2. The first-order valence-corrected chi connectivity index (χ1v) is 4.90. The lowest BCUT2D eigenvalue weighted by Crippen LogP contribution is -2.55. The van der Waals surface area contributed by atoms with Gasteiger partial charge in [-0.15, -0.1) is 0 Å². The van der Waals surface area contributed by atoms with E-state index in [4.69, 9.17) is 11.1 Å². The maximum atomic E-state index is 12.4. The number of halogens is 3. The Morgan fingerprint density at radius 1 is 1.44 bits per heavy atom. The van der Waals surface area contributed by atoms with Crippen molar-refractivity contribution >= 4 is 6.21 Å². The zero-order chi connectivity index (χ0) is 12.3. The second-order valence-corrected chi connectivity index (χ2v) is 3.79. The molecule has 1 fully saturated rings. The number of alkyl halides is 3. The molecule has 92 valence electrons. The highest BCUT2D eigenvalue weighted by molar-refractivity contribution is 5.79. The van der Waals surface area contributed by atoms with Crippen LogP contribution in [0.1, 0.15) is 6.92 Å². The summed E-state index contributed by atoms with van der Waals surface area (Å²) in [4.78, 5) is 0. The highest BCUT2D eigenvalue weighted by atomic mass is 19.4. The van der Waals surface area contributed by atoms with E-state index < -0.39 is 17.9 Å². The number of nitrogens with two attached hydrogens (primary N) is 1. The number of rotatable bonds is 2. The van der Waals surface area contributed by atoms with E-state index in [1.165, 1.54) is 0 Å². The van der Waals surface area contributed by atoms with E-state index in [1.807, 2.05) is 6.92 Å². The first-order chi connectivity index (χ1) is 7.36. The fraction of sp³-hybridized carbons (Fsp3) is 0.667. The summed E-state index contributed by atoms with van der Waals surface area (Å²) in [7, 11) is 0. The Balaban J connectivity index is 2.93. The summed E-state index contributed by atoms with van der Waals surface area (Å²) in [5.41, 5.74) is 3.60. The van der Waals surface area contributed by atoms with Crippen LogP contribution in [0.5, 0.6) is 0 Å². The van der Waals surface area contributed by atoms with E-state index in [-0.39, 0.29) is 11.6 Å². The molecule has 0 aliphatic carbocycles. The van der Waals surface area contributed by atoms with Gasteiger partial charge in [-0.25, -0.2) is 0 Å². The smallest absolute Gasteiger partial charge is 0.394 e. The van der Waals surface area contributed by atoms with Crippen molar-refractivity contribution in [3.63, 3.8) is 0 Å². The molecule has 0 saturated carbocycles. The van der Waals surface area contributed by atoms with E-state index in [0.717, 1.165) is 0 Å². The molecule has 0 bridgehead atoms. The minimum Gasteiger partial charge on any atom is -0.394 e. The number of nitrogens with one attached hydrogen (secondary N) is 3. The van der Waals surface area contributed by atoms with Gasteiger partial charge in [0.2, 0.25) is 0 Å². The van der Waals surface area contributed by atoms with Crippen molar-refractivity contribution in [3.05, 3.63) is 11.3 Å². The maximum Gasteiger partial charge on any atom is 0.431 e. The molecule has 0 aromatic heterocycles. The van der Waals surface area contributed by atoms with Crippen LogP contribution >= 0.6 is 0 Å². The second-order valence-electron chi connectivity index (χ2n) is 3.79. The molecule has 0 radical (unpaired) electrons. The van der Waals surface area contributed by atoms with Crippen LogP contribution in [-0.4, -0.2) is 37.6 Å². The van der Waals surface area contributed by atoms with Crippen LogP contribution in [-0.2, 0) is 0 Å². The van der Waals surface area contributed by atoms with Gasteiger partial charge in [0.25, 0.3) is 0 Å². The van der Waals surface area contributed by atoms with Crippen molar-refractivity contribution in [1.29, 1.82) is 5.41 Å². The molecule has 4 nitrogen and oxygen atoms in total. The van der Waals surface area contributed by atoms with E-state index in [0.29, 0.717) is 19.3 Å². The highest BCUT2D eigenvalue weighted by Crippen LogP contribution is 2.25. The Morgan fingerprint density at radius 2 is 2.06 bits per heavy atom. The van der Waals surface area contributed by atoms with Crippen LogP contribution in [0.4, 0.5) is 13.2 Å². The quantitative estimate of drug-likeness (QED) is 0.523. The molecule has 0 amide bonds. The first kappa shape index (κ1) is 13.0. The summed E-state index contributed by atoms with van der Waals surface area (Å²) in [5.74, 6) is 0. The molecule has 0 aromatic rings. The molecule has 0 spiro atoms. The van der Waals surface area contributed by atoms with E-state index in [9.17, 15) is 13.2 Å². The number of allylic oxidation sites excluding steroid dienone is 1. The Labute approximate surface area is 91.6 Å². The normalized spacial score (nSPS) is 28.5. The molecule has 0 aromatic carbocycles. The van der Waals surface area contributed by atoms with Gasteiger partial charge in [-0.1, -0.05) is 0 Å². The molecule has 2 unspecified atom stereocenters. The SMILES string of the molecule is CC1CNCC(C(C=N)=C(N)C(F)(F)F)N1. The van der Waals surface area contributed by atoms with Crippen molar-refractivity contribution in [1.82, 2.24) is 10.6 Å². The molecule has 5 N–H and O–H groups in total. The van der Waals surface area contributed by atoms with Crippen LogP contribution in [0, 0.1) is 5.41 Å². The van der Waals surface area contributed by atoms with Gasteiger partial charge < -0.3 is 21.8 Å². The average Bonchev–Trinajstić information content (AvgIpc) is 2.17. The van der Waals surface area contributed by atoms with Gasteiger partial charge in [0.05, 0.1) is 0 Å². The van der Waals surface area contributed by atoms with Gasteiger partial charge in [-0.05, 0) is 6.92 Å². The molecule has 16 heavy (non-hydrogen) atoms. The fourth-order valence-corrected chi connectivity index (χ4v) is 1.63. The minimum atomic E-state index is -4.59. The largest absolute Gasteiger partial charge is 0.431 e. The molecule has 1 saturated heterocycles. The van der Waals surface area contributed by atoms with E-state index in [2.05, 4.69) is 10.6 Å². The molecule has 1 rings (SSSR count). The summed E-state index contributed by atoms with van der Waals surface area (Å²) in [6, 6.07) is -0.516. The topological polar surface area (TPSA) is 73.9 Å². The Bertz CT molecular complexity index is 298. The summed E-state index contributed by atoms with van der Waals surface area (Å²) >= 11 is 0. The third-order valence-corrected chi connectivity index (χ3v) is 2.43. The van der Waals surface area contributed by atoms with Crippen molar-refractivity contribution in [2.45, 2.75) is 25.2 Å². The Morgan fingerprint density at radius 3 is 2.50 bits per heavy atom. The second kappa shape index (κ2) is 4.84. The van der Waals surface area contributed by atoms with Gasteiger partial charge >= 0.3 is 6.18 Å². The van der Waals surface area contributed by atoms with Crippen molar-refractivity contribution < 1.29 is 13.2 Å². The minimum absolute atomic E-state index is 0.0507. The van der Waals surface area contributed by atoms with Crippen LogP contribution < -0.4 is 16.4 Å². The number of hydrogen-bond donors (Lipinski definition) is 4. The van der Waals surface area contributed by atoms with Gasteiger partial charge in [0.15, 0.2) is 0 Å². The molecular formula is C9H15F3N4. The molecule has 1 aliphatic heterocycles. The first-order valence-electron chi connectivity index (χ1n) is 4.90. The monoisotopic (exact) mass is 236 g/mol. The zero-order valence-electron chi connectivity index (χ0n) is 8.86. The molecule has 7 heteroatoms. The van der Waals surface area contributed by atoms with Crippen molar-refractivity contribution in [3.8, 4) is 0 Å².